The molecule has 23 heavy (non-hydrogen) atoms. The van der Waals surface area contributed by atoms with E-state index >= 15 is 0 Å². The molecule has 132 valence electrons. The number of hydrogen-bond donors (Lipinski definition) is 0. The fourth-order valence-electron chi connectivity index (χ4n) is 2.48. The standard InChI is InChI=1S/C19H31NS.C2H6/c1-5-7-8-9-12-18(6-2)13-10-11-16(3)14-19-15-21-17(4)20-19;1-2/h13-15H,5-12H2,1-4H3;1-2H3/b16-14+,18-13-;. The second-order valence-electron chi connectivity index (χ2n) is 5.85. The van der Waals surface area contributed by atoms with Crippen LogP contribution in [-0.4, -0.2) is 4.98 Å². The maximum absolute atomic E-state index is 4.49. The molecule has 0 radical (unpaired) electrons. The minimum atomic E-state index is 1.12. The maximum Gasteiger partial charge on any atom is 0.0901 e. The summed E-state index contributed by atoms with van der Waals surface area (Å²) in [6.45, 7) is 12.8. The zero-order valence-corrected chi connectivity index (χ0v) is 17.1. The smallest absolute Gasteiger partial charge is 0.0901 e. The molecule has 1 heterocycles. The summed E-state index contributed by atoms with van der Waals surface area (Å²) in [4.78, 5) is 4.49. The predicted molar refractivity (Wildman–Crippen MR) is 108 cm³/mol. The Balaban J connectivity index is 0.00000232. The Labute approximate surface area is 148 Å². The first-order valence-corrected chi connectivity index (χ1v) is 10.3. The Kier molecular flexibility index (Phi) is 14.1. The van der Waals surface area contributed by atoms with Gasteiger partial charge in [-0.1, -0.05) is 64.2 Å². The number of nitrogens with zero attached hydrogens (tertiary/aromatic N) is 1. The second kappa shape index (κ2) is 14.7. The lowest BCUT2D eigenvalue weighted by Gasteiger charge is -2.05. The van der Waals surface area contributed by atoms with Gasteiger partial charge in [-0.2, -0.15) is 0 Å². The lowest BCUT2D eigenvalue weighted by Crippen LogP contribution is -1.85. The first-order valence-electron chi connectivity index (χ1n) is 9.42. The van der Waals surface area contributed by atoms with E-state index < -0.39 is 0 Å². The molecule has 0 bridgehead atoms. The molecular formula is C21H37NS. The van der Waals surface area contributed by atoms with Crippen LogP contribution in [0.3, 0.4) is 0 Å². The summed E-state index contributed by atoms with van der Waals surface area (Å²) < 4.78 is 0. The quantitative estimate of drug-likeness (QED) is 0.312. The first kappa shape index (κ1) is 22.1. The van der Waals surface area contributed by atoms with Crippen molar-refractivity contribution in [2.75, 3.05) is 0 Å². The lowest BCUT2D eigenvalue weighted by atomic mass is 10.0. The zero-order chi connectivity index (χ0) is 17.5. The van der Waals surface area contributed by atoms with E-state index in [0.717, 1.165) is 17.1 Å². The maximum atomic E-state index is 4.49. The van der Waals surface area contributed by atoms with Crippen molar-refractivity contribution in [2.24, 2.45) is 0 Å². The van der Waals surface area contributed by atoms with Crippen LogP contribution in [0.5, 0.6) is 0 Å². The molecule has 0 atom stereocenters. The summed E-state index contributed by atoms with van der Waals surface area (Å²) in [6.07, 6.45) is 15.0. The highest BCUT2D eigenvalue weighted by atomic mass is 32.1. The highest BCUT2D eigenvalue weighted by molar-refractivity contribution is 7.09. The van der Waals surface area contributed by atoms with Gasteiger partial charge in [-0.25, -0.2) is 4.98 Å². The van der Waals surface area contributed by atoms with Gasteiger partial charge in [0, 0.05) is 5.38 Å². The monoisotopic (exact) mass is 335 g/mol. The number of rotatable bonds is 10. The van der Waals surface area contributed by atoms with Crippen LogP contribution >= 0.6 is 11.3 Å². The van der Waals surface area contributed by atoms with Gasteiger partial charge in [0.25, 0.3) is 0 Å². The molecule has 0 fully saturated rings. The molecular weight excluding hydrogens is 298 g/mol. The summed E-state index contributed by atoms with van der Waals surface area (Å²) in [5, 5.41) is 3.29. The van der Waals surface area contributed by atoms with Crippen molar-refractivity contribution in [3.8, 4) is 0 Å². The Morgan fingerprint density at radius 1 is 1.13 bits per heavy atom. The van der Waals surface area contributed by atoms with E-state index in [9.17, 15) is 0 Å². The largest absolute Gasteiger partial charge is 0.242 e. The molecule has 1 aromatic rings. The van der Waals surface area contributed by atoms with E-state index in [1.807, 2.05) is 13.8 Å². The number of aryl methyl sites for hydroxylation is 1. The van der Waals surface area contributed by atoms with Crippen LogP contribution in [-0.2, 0) is 0 Å². The van der Waals surface area contributed by atoms with Gasteiger partial charge < -0.3 is 0 Å². The summed E-state index contributed by atoms with van der Waals surface area (Å²) >= 11 is 1.72. The third kappa shape index (κ3) is 11.3. The van der Waals surface area contributed by atoms with Crippen LogP contribution in [0.15, 0.2) is 22.6 Å². The van der Waals surface area contributed by atoms with Gasteiger partial charge in [0.2, 0.25) is 0 Å². The summed E-state index contributed by atoms with van der Waals surface area (Å²) in [7, 11) is 0. The third-order valence-corrected chi connectivity index (χ3v) is 4.60. The number of allylic oxidation sites excluding steroid dienone is 3. The number of thiazole rings is 1. The van der Waals surface area contributed by atoms with Crippen LogP contribution in [0, 0.1) is 6.92 Å². The normalized spacial score (nSPS) is 12.1. The molecule has 1 nitrogen and oxygen atoms in total. The molecule has 0 aliphatic carbocycles. The van der Waals surface area contributed by atoms with E-state index in [4.69, 9.17) is 0 Å². The van der Waals surface area contributed by atoms with Crippen LogP contribution in [0.2, 0.25) is 0 Å². The Hall–Kier alpha value is -0.890. The van der Waals surface area contributed by atoms with Crippen molar-refractivity contribution in [1.29, 1.82) is 0 Å². The van der Waals surface area contributed by atoms with Crippen molar-refractivity contribution in [2.45, 2.75) is 92.9 Å². The third-order valence-electron chi connectivity index (χ3n) is 3.81. The predicted octanol–water partition coefficient (Wildman–Crippen LogP) is 7.97. The van der Waals surface area contributed by atoms with Gasteiger partial charge in [-0.3, -0.25) is 0 Å². The Morgan fingerprint density at radius 3 is 2.43 bits per heavy atom. The van der Waals surface area contributed by atoms with Gasteiger partial charge >= 0.3 is 0 Å². The van der Waals surface area contributed by atoms with Crippen molar-refractivity contribution >= 4 is 17.4 Å². The first-order chi connectivity index (χ1) is 11.2. The van der Waals surface area contributed by atoms with E-state index in [1.165, 1.54) is 50.5 Å². The molecule has 1 rings (SSSR count). The van der Waals surface area contributed by atoms with Gasteiger partial charge in [-0.05, 0) is 52.0 Å². The van der Waals surface area contributed by atoms with Gasteiger partial charge in [-0.15, -0.1) is 11.3 Å². The average molecular weight is 336 g/mol. The van der Waals surface area contributed by atoms with E-state index in [0.29, 0.717) is 0 Å². The molecule has 0 aliphatic heterocycles. The molecule has 0 aliphatic rings. The molecule has 2 heteroatoms. The summed E-state index contributed by atoms with van der Waals surface area (Å²) in [5.74, 6) is 0. The highest BCUT2D eigenvalue weighted by Gasteiger charge is 1.98. The molecule has 0 saturated heterocycles. The fraction of sp³-hybridized carbons (Fsp3) is 0.667. The molecule has 0 spiro atoms. The summed E-state index contributed by atoms with van der Waals surface area (Å²) in [5.41, 5.74) is 4.19. The van der Waals surface area contributed by atoms with Crippen molar-refractivity contribution in [1.82, 2.24) is 4.98 Å². The van der Waals surface area contributed by atoms with Crippen molar-refractivity contribution in [3.63, 3.8) is 0 Å². The zero-order valence-electron chi connectivity index (χ0n) is 16.2. The molecule has 1 aromatic heterocycles. The lowest BCUT2D eigenvalue weighted by molar-refractivity contribution is 0.656. The van der Waals surface area contributed by atoms with Gasteiger partial charge in [0.1, 0.15) is 0 Å². The van der Waals surface area contributed by atoms with Gasteiger partial charge in [0.15, 0.2) is 0 Å². The number of aromatic nitrogens is 1. The SMILES string of the molecule is CC.CCCCCC/C(=C\CC/C(C)=C/c1csc(C)n1)CC. The molecule has 0 aromatic carbocycles. The van der Waals surface area contributed by atoms with Crippen LogP contribution in [0.25, 0.3) is 6.08 Å². The minimum absolute atomic E-state index is 1.12. The number of unbranched alkanes of at least 4 members (excludes halogenated alkanes) is 3. The second-order valence-corrected chi connectivity index (χ2v) is 6.91. The van der Waals surface area contributed by atoms with Crippen LogP contribution in [0.4, 0.5) is 0 Å². The molecule has 0 N–H and O–H groups in total. The Bertz CT molecular complexity index is 454. The molecule has 0 unspecified atom stereocenters. The minimum Gasteiger partial charge on any atom is -0.242 e. The van der Waals surface area contributed by atoms with Gasteiger partial charge in [0.05, 0.1) is 10.7 Å². The topological polar surface area (TPSA) is 12.9 Å². The molecule has 0 saturated carbocycles. The van der Waals surface area contributed by atoms with Crippen LogP contribution < -0.4 is 0 Å². The fourth-order valence-corrected chi connectivity index (χ4v) is 3.05. The molecule has 0 amide bonds. The highest BCUT2D eigenvalue weighted by Crippen LogP contribution is 2.17. The van der Waals surface area contributed by atoms with E-state index in [-0.39, 0.29) is 0 Å². The van der Waals surface area contributed by atoms with E-state index in [2.05, 4.69) is 50.2 Å². The van der Waals surface area contributed by atoms with Crippen LogP contribution in [0.1, 0.15) is 96.7 Å². The average Bonchev–Trinajstić information content (AvgIpc) is 2.96. The van der Waals surface area contributed by atoms with E-state index in [1.54, 1.807) is 16.9 Å². The van der Waals surface area contributed by atoms with Crippen molar-refractivity contribution < 1.29 is 0 Å². The number of hydrogen-bond acceptors (Lipinski definition) is 2. The Morgan fingerprint density at radius 2 is 1.87 bits per heavy atom. The summed E-state index contributed by atoms with van der Waals surface area (Å²) in [6, 6.07) is 0. The van der Waals surface area contributed by atoms with Crippen molar-refractivity contribution in [3.05, 3.63) is 33.3 Å².